The van der Waals surface area contributed by atoms with Gasteiger partial charge in [0.15, 0.2) is 5.13 Å². The first kappa shape index (κ1) is 15.0. The van der Waals surface area contributed by atoms with Crippen molar-refractivity contribution in [1.29, 1.82) is 0 Å². The predicted octanol–water partition coefficient (Wildman–Crippen LogP) is 3.58. The maximum atomic E-state index is 12.4. The van der Waals surface area contributed by atoms with Crippen molar-refractivity contribution in [2.45, 2.75) is 52.0 Å². The Bertz CT molecular complexity index is 501. The van der Waals surface area contributed by atoms with Crippen LogP contribution in [0.25, 0.3) is 0 Å². The van der Waals surface area contributed by atoms with E-state index in [2.05, 4.69) is 29.5 Å². The Hall–Kier alpha value is -0.940. The lowest BCUT2D eigenvalue weighted by atomic mass is 9.88. The molecule has 0 saturated heterocycles. The average Bonchev–Trinajstić information content (AvgIpc) is 3.20. The van der Waals surface area contributed by atoms with Crippen LogP contribution in [0.1, 0.15) is 57.7 Å². The van der Waals surface area contributed by atoms with Gasteiger partial charge in [-0.25, -0.2) is 4.98 Å². The molecule has 2 aliphatic rings. The number of hydrogen-bond acceptors (Lipinski definition) is 4. The van der Waals surface area contributed by atoms with E-state index in [-0.39, 0.29) is 17.9 Å². The average molecular weight is 307 g/mol. The number of nitrogens with one attached hydrogen (secondary N) is 2. The number of carbonyl (C=O) groups is 1. The molecule has 0 spiro atoms. The summed E-state index contributed by atoms with van der Waals surface area (Å²) >= 11 is 1.54. The molecule has 0 aromatic carbocycles. The van der Waals surface area contributed by atoms with E-state index in [1.807, 2.05) is 5.38 Å². The van der Waals surface area contributed by atoms with E-state index in [0.29, 0.717) is 5.92 Å². The predicted molar refractivity (Wildman–Crippen MR) is 86.4 cm³/mol. The summed E-state index contributed by atoms with van der Waals surface area (Å²) in [5.74, 6) is 1.85. The van der Waals surface area contributed by atoms with Gasteiger partial charge in [-0.3, -0.25) is 4.79 Å². The summed E-state index contributed by atoms with van der Waals surface area (Å²) in [6.45, 7) is 5.26. The molecule has 1 heterocycles. The number of carbonyl (C=O) groups excluding carboxylic acids is 1. The third kappa shape index (κ3) is 3.29. The Balaban J connectivity index is 1.55. The first-order chi connectivity index (χ1) is 10.2. The summed E-state index contributed by atoms with van der Waals surface area (Å²) in [5, 5.41) is 9.26. The normalized spacial score (nSPS) is 28.8. The van der Waals surface area contributed by atoms with Gasteiger partial charge in [-0.2, -0.15) is 0 Å². The summed E-state index contributed by atoms with van der Waals surface area (Å²) < 4.78 is 0. The summed E-state index contributed by atoms with van der Waals surface area (Å²) in [6, 6.07) is 0.245. The van der Waals surface area contributed by atoms with Crippen LogP contribution in [0, 0.1) is 17.8 Å². The summed E-state index contributed by atoms with van der Waals surface area (Å²) in [6.07, 6.45) is 6.03. The lowest BCUT2D eigenvalue weighted by Gasteiger charge is -2.19. The smallest absolute Gasteiger partial charge is 0.229 e. The zero-order valence-corrected chi connectivity index (χ0v) is 13.7. The molecule has 2 aliphatic carbocycles. The van der Waals surface area contributed by atoms with E-state index in [9.17, 15) is 4.79 Å². The number of hydrogen-bond donors (Lipinski definition) is 2. The van der Waals surface area contributed by atoms with E-state index in [1.54, 1.807) is 0 Å². The number of thiazole rings is 1. The van der Waals surface area contributed by atoms with Gasteiger partial charge in [0.1, 0.15) is 0 Å². The second-order valence-corrected chi connectivity index (χ2v) is 7.38. The molecule has 4 unspecified atom stereocenters. The van der Waals surface area contributed by atoms with Crippen molar-refractivity contribution < 1.29 is 4.79 Å². The van der Waals surface area contributed by atoms with Crippen LogP contribution in [0.4, 0.5) is 5.13 Å². The molecule has 2 bridgehead atoms. The fraction of sp³-hybridized carbons (Fsp3) is 0.750. The molecular weight excluding hydrogens is 282 g/mol. The third-order valence-electron chi connectivity index (χ3n) is 4.97. The van der Waals surface area contributed by atoms with Gasteiger partial charge >= 0.3 is 0 Å². The highest BCUT2D eigenvalue weighted by Gasteiger charge is 2.43. The summed E-state index contributed by atoms with van der Waals surface area (Å²) in [7, 11) is 0. The standard InChI is InChI=1S/C16H25N3OS/c1-3-6-17-10(2)14-9-21-16(18-14)19-15(20)13-8-11-4-5-12(13)7-11/h9-13,17H,3-8H2,1-2H3,(H,18,19,20). The van der Waals surface area contributed by atoms with Crippen molar-refractivity contribution in [2.24, 2.45) is 17.8 Å². The highest BCUT2D eigenvalue weighted by Crippen LogP contribution is 2.48. The van der Waals surface area contributed by atoms with E-state index in [4.69, 9.17) is 0 Å². The minimum Gasteiger partial charge on any atom is -0.309 e. The molecule has 1 aromatic heterocycles. The van der Waals surface area contributed by atoms with Gasteiger partial charge in [0.2, 0.25) is 5.91 Å². The van der Waals surface area contributed by atoms with Gasteiger partial charge in [-0.1, -0.05) is 13.3 Å². The second kappa shape index (κ2) is 6.44. The minimum atomic E-state index is 0.192. The van der Waals surface area contributed by atoms with E-state index in [1.165, 1.54) is 30.6 Å². The van der Waals surface area contributed by atoms with Gasteiger partial charge < -0.3 is 10.6 Å². The maximum absolute atomic E-state index is 12.4. The van der Waals surface area contributed by atoms with Crippen LogP contribution in [0.15, 0.2) is 5.38 Å². The number of nitrogens with zero attached hydrogens (tertiary/aromatic N) is 1. The fourth-order valence-corrected chi connectivity index (χ4v) is 4.58. The molecule has 1 aromatic rings. The van der Waals surface area contributed by atoms with Gasteiger partial charge in [-0.05, 0) is 51.0 Å². The third-order valence-corrected chi connectivity index (χ3v) is 5.75. The Morgan fingerprint density at radius 3 is 3.00 bits per heavy atom. The zero-order valence-electron chi connectivity index (χ0n) is 12.9. The first-order valence-corrected chi connectivity index (χ1v) is 9.05. The molecule has 4 atom stereocenters. The largest absolute Gasteiger partial charge is 0.309 e. The molecule has 3 rings (SSSR count). The summed E-state index contributed by atoms with van der Waals surface area (Å²) in [4.78, 5) is 17.0. The molecule has 21 heavy (non-hydrogen) atoms. The molecule has 116 valence electrons. The van der Waals surface area contributed by atoms with Crippen LogP contribution in [0.3, 0.4) is 0 Å². The van der Waals surface area contributed by atoms with Gasteiger partial charge in [0, 0.05) is 17.3 Å². The molecule has 1 amide bonds. The SMILES string of the molecule is CCCNC(C)c1csc(NC(=O)C2CC3CCC2C3)n1. The molecule has 0 radical (unpaired) electrons. The van der Waals surface area contributed by atoms with E-state index < -0.39 is 0 Å². The van der Waals surface area contributed by atoms with E-state index in [0.717, 1.165) is 36.1 Å². The van der Waals surface area contributed by atoms with Gasteiger partial charge in [0.25, 0.3) is 0 Å². The number of rotatable bonds is 6. The van der Waals surface area contributed by atoms with Crippen molar-refractivity contribution in [3.63, 3.8) is 0 Å². The molecule has 2 fully saturated rings. The van der Waals surface area contributed by atoms with Crippen molar-refractivity contribution >= 4 is 22.4 Å². The van der Waals surface area contributed by atoms with Gasteiger partial charge in [0.05, 0.1) is 5.69 Å². The highest BCUT2D eigenvalue weighted by molar-refractivity contribution is 7.13. The number of anilines is 1. The Kier molecular flexibility index (Phi) is 4.60. The Morgan fingerprint density at radius 1 is 1.48 bits per heavy atom. The van der Waals surface area contributed by atoms with Crippen LogP contribution in [-0.4, -0.2) is 17.4 Å². The van der Waals surface area contributed by atoms with Crippen LogP contribution in [0.2, 0.25) is 0 Å². The number of fused-ring (bicyclic) bond motifs is 2. The lowest BCUT2D eigenvalue weighted by molar-refractivity contribution is -0.121. The molecule has 0 aliphatic heterocycles. The molecular formula is C16H25N3OS. The second-order valence-electron chi connectivity index (χ2n) is 6.52. The van der Waals surface area contributed by atoms with E-state index >= 15 is 0 Å². The molecule has 5 heteroatoms. The van der Waals surface area contributed by atoms with Crippen LogP contribution in [-0.2, 0) is 4.79 Å². The van der Waals surface area contributed by atoms with Crippen molar-refractivity contribution in [1.82, 2.24) is 10.3 Å². The number of aromatic nitrogens is 1. The Labute approximate surface area is 130 Å². The molecule has 2 saturated carbocycles. The number of amides is 1. The zero-order chi connectivity index (χ0) is 14.8. The fourth-order valence-electron chi connectivity index (χ4n) is 3.77. The van der Waals surface area contributed by atoms with Gasteiger partial charge in [-0.15, -0.1) is 11.3 Å². The molecule has 4 nitrogen and oxygen atoms in total. The summed E-state index contributed by atoms with van der Waals surface area (Å²) in [5.41, 5.74) is 1.02. The lowest BCUT2D eigenvalue weighted by Crippen LogP contribution is -2.27. The maximum Gasteiger partial charge on any atom is 0.229 e. The monoisotopic (exact) mass is 307 g/mol. The molecule has 2 N–H and O–H groups in total. The first-order valence-electron chi connectivity index (χ1n) is 8.17. The van der Waals surface area contributed by atoms with Crippen LogP contribution < -0.4 is 10.6 Å². The topological polar surface area (TPSA) is 54.0 Å². The quantitative estimate of drug-likeness (QED) is 0.844. The van der Waals surface area contributed by atoms with Crippen molar-refractivity contribution in [2.75, 3.05) is 11.9 Å². The van der Waals surface area contributed by atoms with Crippen LogP contribution >= 0.6 is 11.3 Å². The van der Waals surface area contributed by atoms with Crippen LogP contribution in [0.5, 0.6) is 0 Å². The van der Waals surface area contributed by atoms with Crippen molar-refractivity contribution in [3.8, 4) is 0 Å². The minimum absolute atomic E-state index is 0.192. The Morgan fingerprint density at radius 2 is 2.33 bits per heavy atom. The van der Waals surface area contributed by atoms with Crippen molar-refractivity contribution in [3.05, 3.63) is 11.1 Å². The highest BCUT2D eigenvalue weighted by atomic mass is 32.1.